The second-order valence-electron chi connectivity index (χ2n) is 7.65. The van der Waals surface area contributed by atoms with E-state index in [4.69, 9.17) is 9.51 Å². The lowest BCUT2D eigenvalue weighted by molar-refractivity contribution is 0.271. The van der Waals surface area contributed by atoms with Gasteiger partial charge in [0.15, 0.2) is 0 Å². The molecule has 27 heavy (non-hydrogen) atoms. The molecule has 0 saturated heterocycles. The Bertz CT molecular complexity index is 1120. The monoisotopic (exact) mass is 360 g/mol. The van der Waals surface area contributed by atoms with Gasteiger partial charge in [0.2, 0.25) is 11.7 Å². The van der Waals surface area contributed by atoms with Crippen LogP contribution in [0.1, 0.15) is 54.9 Å². The minimum Gasteiger partial charge on any atom is -0.361 e. The molecule has 1 aromatic carbocycles. The zero-order valence-electron chi connectivity index (χ0n) is 14.9. The summed E-state index contributed by atoms with van der Waals surface area (Å²) < 4.78 is 7.85. The van der Waals surface area contributed by atoms with Crippen molar-refractivity contribution in [3.05, 3.63) is 47.7 Å². The van der Waals surface area contributed by atoms with Crippen molar-refractivity contribution in [1.82, 2.24) is 30.1 Å². The molecule has 0 amide bonds. The Kier molecular flexibility index (Phi) is 3.23. The van der Waals surface area contributed by atoms with Crippen LogP contribution >= 0.6 is 0 Å². The smallest absolute Gasteiger partial charge is 0.230 e. The molecule has 3 aromatic heterocycles. The summed E-state index contributed by atoms with van der Waals surface area (Å²) in [7, 11) is 0. The number of nitrogens with zero attached hydrogens (tertiary/aromatic N) is 5. The fourth-order valence-corrected chi connectivity index (χ4v) is 4.32. The molecule has 1 atom stereocenters. The molecule has 3 heterocycles. The Morgan fingerprint density at radius 3 is 3.00 bits per heavy atom. The molecule has 1 saturated carbocycles. The van der Waals surface area contributed by atoms with Crippen LogP contribution in [0.15, 0.2) is 35.0 Å². The number of fused-ring (bicyclic) bond motifs is 2. The van der Waals surface area contributed by atoms with Crippen LogP contribution in [0.5, 0.6) is 0 Å². The molecule has 0 aliphatic heterocycles. The summed E-state index contributed by atoms with van der Waals surface area (Å²) in [6.07, 6.45) is 8.45. The highest BCUT2D eigenvalue weighted by molar-refractivity contribution is 5.93. The van der Waals surface area contributed by atoms with Gasteiger partial charge in [0.25, 0.3) is 0 Å². The van der Waals surface area contributed by atoms with Gasteiger partial charge in [0.05, 0.1) is 17.4 Å². The van der Waals surface area contributed by atoms with E-state index in [9.17, 15) is 0 Å². The fourth-order valence-electron chi connectivity index (χ4n) is 4.32. The Morgan fingerprint density at radius 2 is 2.11 bits per heavy atom. The first-order valence-corrected chi connectivity index (χ1v) is 9.70. The molecule has 0 radical (unpaired) electrons. The van der Waals surface area contributed by atoms with E-state index in [1.165, 1.54) is 25.0 Å². The third-order valence-electron chi connectivity index (χ3n) is 6.09. The van der Waals surface area contributed by atoms with Crippen LogP contribution in [0.4, 0.5) is 0 Å². The maximum absolute atomic E-state index is 5.69. The number of hydrogen-bond acceptors (Lipinski definition) is 5. The van der Waals surface area contributed by atoms with E-state index in [2.05, 4.69) is 37.3 Å². The largest absolute Gasteiger partial charge is 0.361 e. The molecule has 0 bridgehead atoms. The zero-order valence-corrected chi connectivity index (χ0v) is 14.9. The van der Waals surface area contributed by atoms with Crippen LogP contribution in [0.25, 0.3) is 22.3 Å². The van der Waals surface area contributed by atoms with Crippen molar-refractivity contribution in [1.29, 1.82) is 0 Å². The van der Waals surface area contributed by atoms with Crippen molar-refractivity contribution < 1.29 is 4.52 Å². The van der Waals surface area contributed by atoms with Crippen molar-refractivity contribution in [3.8, 4) is 11.4 Å². The summed E-state index contributed by atoms with van der Waals surface area (Å²) in [5, 5.41) is 14.2. The number of aromatic nitrogens is 6. The van der Waals surface area contributed by atoms with Gasteiger partial charge in [-0.25, -0.2) is 4.68 Å². The predicted molar refractivity (Wildman–Crippen MR) is 99.3 cm³/mol. The van der Waals surface area contributed by atoms with Gasteiger partial charge < -0.3 is 9.51 Å². The quantitative estimate of drug-likeness (QED) is 0.600. The van der Waals surface area contributed by atoms with Crippen LogP contribution in [0.3, 0.4) is 0 Å². The summed E-state index contributed by atoms with van der Waals surface area (Å²) in [5.74, 6) is 1.62. The van der Waals surface area contributed by atoms with Crippen molar-refractivity contribution in [3.63, 3.8) is 0 Å². The second kappa shape index (κ2) is 5.77. The summed E-state index contributed by atoms with van der Waals surface area (Å²) in [5.41, 5.74) is 4.50. The molecule has 6 rings (SSSR count). The molecule has 1 N–H and O–H groups in total. The first-order valence-electron chi connectivity index (χ1n) is 9.70. The lowest BCUT2D eigenvalue weighted by Crippen LogP contribution is -2.23. The van der Waals surface area contributed by atoms with E-state index in [1.807, 2.05) is 18.3 Å². The number of rotatable bonds is 3. The zero-order chi connectivity index (χ0) is 17.8. The predicted octanol–water partition coefficient (Wildman–Crippen LogP) is 3.81. The average Bonchev–Trinajstić information content (AvgIpc) is 3.39. The maximum atomic E-state index is 5.69. The van der Waals surface area contributed by atoms with Gasteiger partial charge in [-0.05, 0) is 44.2 Å². The summed E-state index contributed by atoms with van der Waals surface area (Å²) >= 11 is 0. The summed E-state index contributed by atoms with van der Waals surface area (Å²) in [6, 6.07) is 8.69. The third kappa shape index (κ3) is 2.34. The van der Waals surface area contributed by atoms with Crippen LogP contribution in [-0.2, 0) is 12.8 Å². The van der Waals surface area contributed by atoms with Crippen LogP contribution in [-0.4, -0.2) is 30.1 Å². The highest BCUT2D eigenvalue weighted by Crippen LogP contribution is 2.37. The number of nitrogens with one attached hydrogen (secondary N) is 1. The second-order valence-corrected chi connectivity index (χ2v) is 7.65. The van der Waals surface area contributed by atoms with E-state index in [0.29, 0.717) is 11.9 Å². The van der Waals surface area contributed by atoms with E-state index in [-0.39, 0.29) is 5.92 Å². The van der Waals surface area contributed by atoms with Gasteiger partial charge in [-0.1, -0.05) is 22.5 Å². The minimum absolute atomic E-state index is 0.238. The molecule has 136 valence electrons. The number of aryl methyl sites for hydroxylation is 1. The van der Waals surface area contributed by atoms with E-state index < -0.39 is 0 Å². The van der Waals surface area contributed by atoms with Gasteiger partial charge in [-0.3, -0.25) is 0 Å². The van der Waals surface area contributed by atoms with E-state index >= 15 is 0 Å². The molecule has 7 heteroatoms. The van der Waals surface area contributed by atoms with Crippen LogP contribution in [0, 0.1) is 0 Å². The Balaban J connectivity index is 1.32. The van der Waals surface area contributed by atoms with Crippen molar-refractivity contribution in [2.75, 3.05) is 0 Å². The Morgan fingerprint density at radius 1 is 1.15 bits per heavy atom. The van der Waals surface area contributed by atoms with Gasteiger partial charge >= 0.3 is 0 Å². The summed E-state index contributed by atoms with van der Waals surface area (Å²) in [6.45, 7) is 0. The van der Waals surface area contributed by atoms with Crippen molar-refractivity contribution in [2.45, 2.75) is 50.5 Å². The van der Waals surface area contributed by atoms with E-state index in [1.54, 1.807) is 0 Å². The van der Waals surface area contributed by atoms with Gasteiger partial charge in [0.1, 0.15) is 0 Å². The first-order chi connectivity index (χ1) is 13.4. The average molecular weight is 360 g/mol. The van der Waals surface area contributed by atoms with Crippen molar-refractivity contribution in [2.24, 2.45) is 0 Å². The van der Waals surface area contributed by atoms with Crippen LogP contribution in [0.2, 0.25) is 0 Å². The molecule has 2 aliphatic rings. The van der Waals surface area contributed by atoms with Gasteiger partial charge in [-0.15, -0.1) is 5.10 Å². The molecule has 2 aliphatic carbocycles. The fraction of sp³-hybridized carbons (Fsp3) is 0.400. The number of H-pyrrole nitrogens is 1. The highest BCUT2D eigenvalue weighted by atomic mass is 16.5. The molecule has 1 fully saturated rings. The topological polar surface area (TPSA) is 85.4 Å². The maximum Gasteiger partial charge on any atom is 0.230 e. The van der Waals surface area contributed by atoms with Crippen LogP contribution < -0.4 is 0 Å². The molecular formula is C20H20N6O. The highest BCUT2D eigenvalue weighted by Gasteiger charge is 2.32. The minimum atomic E-state index is 0.238. The number of hydrogen-bond donors (Lipinski definition) is 1. The lowest BCUT2D eigenvalue weighted by Gasteiger charge is -2.28. The number of aromatic amines is 1. The molecule has 7 nitrogen and oxygen atoms in total. The molecule has 1 unspecified atom stereocenters. The molecular weight excluding hydrogens is 340 g/mol. The standard InChI is InChI=1S/C20H20N6O/c1-3-13(4-1)26-18-11-12(7-8-17(18)23-25-26)20-22-19(24-27-20)15-5-2-6-16-14(15)9-10-21-16/h2,5-6,9-10,12-13,21H,1,3-4,7-8,11H2. The van der Waals surface area contributed by atoms with Gasteiger partial charge in [0, 0.05) is 35.0 Å². The Hall–Kier alpha value is -2.96. The van der Waals surface area contributed by atoms with Crippen molar-refractivity contribution >= 4 is 10.9 Å². The lowest BCUT2D eigenvalue weighted by atomic mass is 9.87. The molecule has 0 spiro atoms. The SMILES string of the molecule is c1cc(-c2noc(C3CCc4nnn(C5CCC5)c4C3)n2)c2cc[nH]c2c1. The first kappa shape index (κ1) is 15.1. The van der Waals surface area contributed by atoms with E-state index in [0.717, 1.165) is 47.3 Å². The third-order valence-corrected chi connectivity index (χ3v) is 6.09. The summed E-state index contributed by atoms with van der Waals surface area (Å²) in [4.78, 5) is 7.99. The number of benzene rings is 1. The molecule has 4 aromatic rings. The van der Waals surface area contributed by atoms with Gasteiger partial charge in [-0.2, -0.15) is 4.98 Å². The normalized spacial score (nSPS) is 19.9. The Labute approximate surface area is 155 Å².